The second-order valence-corrected chi connectivity index (χ2v) is 8.39. The molecule has 0 saturated carbocycles. The fourth-order valence-corrected chi connectivity index (χ4v) is 4.45. The van der Waals surface area contributed by atoms with Crippen LogP contribution >= 0.6 is 11.8 Å². The van der Waals surface area contributed by atoms with Crippen LogP contribution in [0.2, 0.25) is 0 Å². The minimum atomic E-state index is -0.0657. The van der Waals surface area contributed by atoms with Gasteiger partial charge in [0.15, 0.2) is 0 Å². The minimum Gasteiger partial charge on any atom is -0.294 e. The summed E-state index contributed by atoms with van der Waals surface area (Å²) in [5, 5.41) is 3.31. The molecular weight excluding hydrogens is 402 g/mol. The average Bonchev–Trinajstić information content (AvgIpc) is 3.12. The van der Waals surface area contributed by atoms with E-state index in [1.807, 2.05) is 73.7 Å². The number of hydrogen-bond acceptors (Lipinski definition) is 3. The third-order valence-corrected chi connectivity index (χ3v) is 6.04. The standard InChI is InChI=1S/C26H25N3OS/c1-3-12-23-25(26(30)29(28-23)20-13-6-4-7-14-20)19(2)27-22-17-10-11-18-24(22)31-21-15-8-5-9-16-21/h4-11,13-18,28H,3,12H2,1-2H3. The molecule has 0 amide bonds. The maximum atomic E-state index is 13.3. The van der Waals surface area contributed by atoms with E-state index in [-0.39, 0.29) is 5.56 Å². The van der Waals surface area contributed by atoms with Crippen LogP contribution in [-0.4, -0.2) is 15.5 Å². The summed E-state index contributed by atoms with van der Waals surface area (Å²) in [4.78, 5) is 20.4. The molecule has 0 saturated heterocycles. The van der Waals surface area contributed by atoms with Crippen LogP contribution in [-0.2, 0) is 6.42 Å². The van der Waals surface area contributed by atoms with Crippen molar-refractivity contribution in [1.82, 2.24) is 9.78 Å². The van der Waals surface area contributed by atoms with E-state index < -0.39 is 0 Å². The van der Waals surface area contributed by atoms with Gasteiger partial charge < -0.3 is 0 Å². The number of benzene rings is 3. The van der Waals surface area contributed by atoms with Gasteiger partial charge in [0.2, 0.25) is 0 Å². The van der Waals surface area contributed by atoms with Crippen molar-refractivity contribution in [2.75, 3.05) is 0 Å². The number of aromatic amines is 1. The molecule has 4 nitrogen and oxygen atoms in total. The van der Waals surface area contributed by atoms with Gasteiger partial charge in [-0.3, -0.25) is 14.9 Å². The smallest absolute Gasteiger partial charge is 0.280 e. The van der Waals surface area contributed by atoms with E-state index in [1.165, 1.54) is 0 Å². The van der Waals surface area contributed by atoms with E-state index in [4.69, 9.17) is 4.99 Å². The van der Waals surface area contributed by atoms with Crippen molar-refractivity contribution >= 4 is 23.2 Å². The highest BCUT2D eigenvalue weighted by Gasteiger charge is 2.17. The number of para-hydroxylation sites is 2. The summed E-state index contributed by atoms with van der Waals surface area (Å²) < 4.78 is 1.62. The molecule has 0 fully saturated rings. The van der Waals surface area contributed by atoms with E-state index in [1.54, 1.807) is 16.4 Å². The lowest BCUT2D eigenvalue weighted by Crippen LogP contribution is -2.19. The van der Waals surface area contributed by atoms with Gasteiger partial charge in [-0.15, -0.1) is 0 Å². The Kier molecular flexibility index (Phi) is 6.53. The van der Waals surface area contributed by atoms with Crippen molar-refractivity contribution in [3.05, 3.63) is 107 Å². The van der Waals surface area contributed by atoms with Crippen molar-refractivity contribution in [3.8, 4) is 5.69 Å². The fourth-order valence-electron chi connectivity index (χ4n) is 3.53. The SMILES string of the molecule is CCCc1[nH]n(-c2ccccc2)c(=O)c1C(C)=Nc1ccccc1Sc1ccccc1. The molecule has 1 N–H and O–H groups in total. The van der Waals surface area contributed by atoms with Crippen LogP contribution in [0, 0.1) is 0 Å². The first-order chi connectivity index (χ1) is 15.2. The van der Waals surface area contributed by atoms with Crippen molar-refractivity contribution in [2.45, 2.75) is 36.5 Å². The van der Waals surface area contributed by atoms with Crippen LogP contribution in [0.1, 0.15) is 31.5 Å². The van der Waals surface area contributed by atoms with Crippen LogP contribution in [0.4, 0.5) is 5.69 Å². The Labute approximate surface area is 186 Å². The molecule has 1 aromatic heterocycles. The number of rotatable bonds is 7. The highest BCUT2D eigenvalue weighted by atomic mass is 32.2. The predicted octanol–water partition coefficient (Wildman–Crippen LogP) is 6.41. The zero-order valence-electron chi connectivity index (χ0n) is 17.7. The van der Waals surface area contributed by atoms with Gasteiger partial charge in [-0.2, -0.15) is 0 Å². The van der Waals surface area contributed by atoms with Gasteiger partial charge >= 0.3 is 0 Å². The minimum absolute atomic E-state index is 0.0657. The second-order valence-electron chi connectivity index (χ2n) is 7.27. The van der Waals surface area contributed by atoms with Crippen LogP contribution in [0.5, 0.6) is 0 Å². The third-order valence-electron chi connectivity index (χ3n) is 4.97. The molecular formula is C26H25N3OS. The highest BCUT2D eigenvalue weighted by molar-refractivity contribution is 7.99. The predicted molar refractivity (Wildman–Crippen MR) is 129 cm³/mol. The summed E-state index contributed by atoms with van der Waals surface area (Å²) in [6.45, 7) is 4.03. The Morgan fingerprint density at radius 1 is 0.935 bits per heavy atom. The number of nitrogens with one attached hydrogen (secondary N) is 1. The molecule has 4 rings (SSSR count). The van der Waals surface area contributed by atoms with Crippen molar-refractivity contribution < 1.29 is 0 Å². The van der Waals surface area contributed by atoms with E-state index in [2.05, 4.69) is 30.2 Å². The molecule has 0 atom stereocenters. The number of aliphatic imine (C=N–C) groups is 1. The Hall–Kier alpha value is -3.31. The lowest BCUT2D eigenvalue weighted by Gasteiger charge is -2.07. The molecule has 156 valence electrons. The first kappa shape index (κ1) is 20.9. The van der Waals surface area contributed by atoms with Gasteiger partial charge in [-0.25, -0.2) is 4.68 Å². The van der Waals surface area contributed by atoms with Gasteiger partial charge in [-0.05, 0) is 49.7 Å². The number of hydrogen-bond donors (Lipinski definition) is 1. The lowest BCUT2D eigenvalue weighted by atomic mass is 10.1. The molecule has 0 spiro atoms. The summed E-state index contributed by atoms with van der Waals surface area (Å²) in [6.07, 6.45) is 1.73. The van der Waals surface area contributed by atoms with Crippen LogP contribution in [0.3, 0.4) is 0 Å². The van der Waals surface area contributed by atoms with Crippen LogP contribution in [0.25, 0.3) is 5.69 Å². The maximum Gasteiger partial charge on any atom is 0.280 e. The zero-order valence-corrected chi connectivity index (χ0v) is 18.5. The summed E-state index contributed by atoms with van der Waals surface area (Å²) in [6, 6.07) is 28.0. The number of aryl methyl sites for hydroxylation is 1. The topological polar surface area (TPSA) is 50.1 Å². The Morgan fingerprint density at radius 2 is 1.58 bits per heavy atom. The summed E-state index contributed by atoms with van der Waals surface area (Å²) in [7, 11) is 0. The normalized spacial score (nSPS) is 11.6. The van der Waals surface area contributed by atoms with E-state index in [0.29, 0.717) is 5.56 Å². The van der Waals surface area contributed by atoms with Crippen LogP contribution < -0.4 is 5.56 Å². The van der Waals surface area contributed by atoms with E-state index in [0.717, 1.165) is 45.4 Å². The van der Waals surface area contributed by atoms with Gasteiger partial charge in [0.25, 0.3) is 5.56 Å². The highest BCUT2D eigenvalue weighted by Crippen LogP contribution is 2.35. The lowest BCUT2D eigenvalue weighted by molar-refractivity contribution is 0.793. The fraction of sp³-hybridized carbons (Fsp3) is 0.154. The molecule has 1 heterocycles. The first-order valence-electron chi connectivity index (χ1n) is 10.4. The number of H-pyrrole nitrogens is 1. The number of nitrogens with zero attached hydrogens (tertiary/aromatic N) is 2. The molecule has 4 aromatic rings. The molecule has 0 aliphatic rings. The molecule has 0 aliphatic carbocycles. The monoisotopic (exact) mass is 427 g/mol. The van der Waals surface area contributed by atoms with E-state index >= 15 is 0 Å². The van der Waals surface area contributed by atoms with E-state index in [9.17, 15) is 4.79 Å². The largest absolute Gasteiger partial charge is 0.294 e. The Balaban J connectivity index is 1.76. The molecule has 3 aromatic carbocycles. The first-order valence-corrected chi connectivity index (χ1v) is 11.3. The zero-order chi connectivity index (χ0) is 21.6. The third kappa shape index (κ3) is 4.72. The average molecular weight is 428 g/mol. The van der Waals surface area contributed by atoms with Crippen molar-refractivity contribution in [1.29, 1.82) is 0 Å². The second kappa shape index (κ2) is 9.67. The van der Waals surface area contributed by atoms with Crippen LogP contribution in [0.15, 0.2) is 105 Å². The molecule has 0 radical (unpaired) electrons. The number of aromatic nitrogens is 2. The quantitative estimate of drug-likeness (QED) is 0.346. The van der Waals surface area contributed by atoms with Gasteiger partial charge in [0.05, 0.1) is 22.6 Å². The molecule has 0 bridgehead atoms. The molecule has 31 heavy (non-hydrogen) atoms. The van der Waals surface area contributed by atoms with Crippen molar-refractivity contribution in [3.63, 3.8) is 0 Å². The summed E-state index contributed by atoms with van der Waals surface area (Å²) in [5.41, 5.74) is 3.92. The van der Waals surface area contributed by atoms with Gasteiger partial charge in [-0.1, -0.05) is 73.6 Å². The summed E-state index contributed by atoms with van der Waals surface area (Å²) >= 11 is 1.67. The maximum absolute atomic E-state index is 13.3. The van der Waals surface area contributed by atoms with Gasteiger partial charge in [0, 0.05) is 15.5 Å². The Bertz CT molecular complexity index is 1240. The molecule has 0 aliphatic heterocycles. The molecule has 0 unspecified atom stereocenters. The molecule has 5 heteroatoms. The van der Waals surface area contributed by atoms with Gasteiger partial charge in [0.1, 0.15) is 0 Å². The Morgan fingerprint density at radius 3 is 2.29 bits per heavy atom. The summed E-state index contributed by atoms with van der Waals surface area (Å²) in [5.74, 6) is 0. The van der Waals surface area contributed by atoms with Crippen molar-refractivity contribution in [2.24, 2.45) is 4.99 Å².